The van der Waals surface area contributed by atoms with Gasteiger partial charge in [0.1, 0.15) is 0 Å². The second kappa shape index (κ2) is 7.29. The van der Waals surface area contributed by atoms with Crippen molar-refractivity contribution >= 4 is 5.78 Å². The van der Waals surface area contributed by atoms with Gasteiger partial charge in [0, 0.05) is 0 Å². The first kappa shape index (κ1) is 11.6. The van der Waals surface area contributed by atoms with Crippen molar-refractivity contribution in [1.29, 1.82) is 0 Å². The van der Waals surface area contributed by atoms with Crippen LogP contribution < -0.4 is 0 Å². The molecule has 0 saturated heterocycles. The van der Waals surface area contributed by atoms with E-state index in [-0.39, 0.29) is 5.78 Å². The summed E-state index contributed by atoms with van der Waals surface area (Å²) in [5.74, 6) is 0.0683. The van der Waals surface area contributed by atoms with Crippen LogP contribution in [0.1, 0.15) is 20.8 Å². The normalized spacial score (nSPS) is 13.6. The van der Waals surface area contributed by atoms with Crippen molar-refractivity contribution < 1.29 is 4.79 Å². The monoisotopic (exact) mass is 176 g/mol. The third kappa shape index (κ3) is 7.01. The molecule has 0 aliphatic carbocycles. The highest BCUT2D eigenvalue weighted by Crippen LogP contribution is 1.99. The number of hydrogen-bond acceptors (Lipinski definition) is 1. The average Bonchev–Trinajstić information content (AvgIpc) is 2.10. The van der Waals surface area contributed by atoms with Gasteiger partial charge in [-0.15, -0.1) is 0 Å². The molecule has 0 atom stereocenters. The Labute approximate surface area is 80.2 Å². The van der Waals surface area contributed by atoms with Crippen LogP contribution in [0.25, 0.3) is 0 Å². The summed E-state index contributed by atoms with van der Waals surface area (Å²) in [4.78, 5) is 10.6. The molecule has 0 saturated carbocycles. The zero-order valence-electron chi connectivity index (χ0n) is 8.45. The number of rotatable bonds is 4. The number of ketones is 1. The van der Waals surface area contributed by atoms with Crippen LogP contribution in [0.5, 0.6) is 0 Å². The summed E-state index contributed by atoms with van der Waals surface area (Å²) in [6.45, 7) is 5.45. The molecule has 0 aromatic heterocycles. The molecular weight excluding hydrogens is 160 g/mol. The molecule has 70 valence electrons. The van der Waals surface area contributed by atoms with Crippen LogP contribution in [-0.2, 0) is 4.79 Å². The van der Waals surface area contributed by atoms with E-state index in [1.807, 2.05) is 50.3 Å². The highest BCUT2D eigenvalue weighted by molar-refractivity contribution is 5.87. The summed E-state index contributed by atoms with van der Waals surface area (Å²) in [5, 5.41) is 0. The maximum atomic E-state index is 10.6. The summed E-state index contributed by atoms with van der Waals surface area (Å²) in [5.41, 5.74) is 1.04. The third-order valence-corrected chi connectivity index (χ3v) is 1.44. The second-order valence-electron chi connectivity index (χ2n) is 2.62. The van der Waals surface area contributed by atoms with Gasteiger partial charge in [0.05, 0.1) is 0 Å². The molecule has 0 unspecified atom stereocenters. The smallest absolute Gasteiger partial charge is 0.152 e. The van der Waals surface area contributed by atoms with Gasteiger partial charge in [-0.1, -0.05) is 36.5 Å². The van der Waals surface area contributed by atoms with Gasteiger partial charge < -0.3 is 0 Å². The predicted molar refractivity (Wildman–Crippen MR) is 57.5 cm³/mol. The van der Waals surface area contributed by atoms with Gasteiger partial charge in [-0.3, -0.25) is 4.79 Å². The Morgan fingerprint density at radius 1 is 1.00 bits per heavy atom. The molecule has 0 fully saturated rings. The molecule has 0 bridgehead atoms. The Bertz CT molecular complexity index is 265. The molecule has 0 aromatic rings. The Kier molecular flexibility index (Phi) is 6.52. The van der Waals surface area contributed by atoms with E-state index >= 15 is 0 Å². The van der Waals surface area contributed by atoms with Gasteiger partial charge >= 0.3 is 0 Å². The van der Waals surface area contributed by atoms with Crippen molar-refractivity contribution in [2.24, 2.45) is 0 Å². The van der Waals surface area contributed by atoms with E-state index in [0.717, 1.165) is 5.57 Å². The Balaban J connectivity index is 4.30. The molecular formula is C12H16O. The lowest BCUT2D eigenvalue weighted by Gasteiger charge is -1.89. The number of carbonyl (C=O) groups is 1. The van der Waals surface area contributed by atoms with Gasteiger partial charge in [-0.05, 0) is 32.4 Å². The zero-order chi connectivity index (χ0) is 10.1. The summed E-state index contributed by atoms with van der Waals surface area (Å²) >= 11 is 0. The first-order chi connectivity index (χ1) is 6.20. The first-order valence-corrected chi connectivity index (χ1v) is 4.35. The number of allylic oxidation sites excluding steroid dienone is 8. The summed E-state index contributed by atoms with van der Waals surface area (Å²) in [6.07, 6.45) is 13.1. The standard InChI is InChI=1S/C12H16O/c1-4-6-7-8-12(5-2)10-9-11(3)13/h4-10H,1-3H3/b6-4-,8-7-,10-9+,12-5+. The first-order valence-electron chi connectivity index (χ1n) is 4.35. The fourth-order valence-electron chi connectivity index (χ4n) is 0.739. The van der Waals surface area contributed by atoms with E-state index in [2.05, 4.69) is 0 Å². The Morgan fingerprint density at radius 2 is 1.69 bits per heavy atom. The molecule has 1 nitrogen and oxygen atoms in total. The van der Waals surface area contributed by atoms with E-state index < -0.39 is 0 Å². The van der Waals surface area contributed by atoms with Gasteiger partial charge in [0.2, 0.25) is 0 Å². The summed E-state index contributed by atoms with van der Waals surface area (Å²) < 4.78 is 0. The van der Waals surface area contributed by atoms with Crippen LogP contribution in [0, 0.1) is 0 Å². The van der Waals surface area contributed by atoms with E-state index in [1.54, 1.807) is 13.0 Å². The molecule has 0 amide bonds. The van der Waals surface area contributed by atoms with Crippen LogP contribution in [-0.4, -0.2) is 5.78 Å². The van der Waals surface area contributed by atoms with Crippen LogP contribution in [0.2, 0.25) is 0 Å². The van der Waals surface area contributed by atoms with Crippen molar-refractivity contribution in [3.8, 4) is 0 Å². The maximum Gasteiger partial charge on any atom is 0.152 e. The fraction of sp³-hybridized carbons (Fsp3) is 0.250. The zero-order valence-corrected chi connectivity index (χ0v) is 8.45. The minimum absolute atomic E-state index is 0.0683. The molecule has 0 heterocycles. The van der Waals surface area contributed by atoms with E-state index in [0.29, 0.717) is 0 Å². The topological polar surface area (TPSA) is 17.1 Å². The maximum absolute atomic E-state index is 10.6. The largest absolute Gasteiger partial charge is 0.295 e. The average molecular weight is 176 g/mol. The second-order valence-corrected chi connectivity index (χ2v) is 2.62. The lowest BCUT2D eigenvalue weighted by atomic mass is 10.2. The summed E-state index contributed by atoms with van der Waals surface area (Å²) in [6, 6.07) is 0. The van der Waals surface area contributed by atoms with Gasteiger partial charge in [-0.2, -0.15) is 0 Å². The van der Waals surface area contributed by atoms with Crippen molar-refractivity contribution in [3.05, 3.63) is 48.1 Å². The van der Waals surface area contributed by atoms with E-state index in [4.69, 9.17) is 0 Å². The highest BCUT2D eigenvalue weighted by atomic mass is 16.1. The van der Waals surface area contributed by atoms with Crippen LogP contribution in [0.15, 0.2) is 48.1 Å². The van der Waals surface area contributed by atoms with E-state index in [1.165, 1.54) is 0 Å². The predicted octanol–water partition coefficient (Wildman–Crippen LogP) is 3.21. The third-order valence-electron chi connectivity index (χ3n) is 1.44. The van der Waals surface area contributed by atoms with Crippen molar-refractivity contribution in [2.75, 3.05) is 0 Å². The lowest BCUT2D eigenvalue weighted by Crippen LogP contribution is -1.80. The van der Waals surface area contributed by atoms with Gasteiger partial charge in [0.15, 0.2) is 5.78 Å². The highest BCUT2D eigenvalue weighted by Gasteiger charge is 1.84. The van der Waals surface area contributed by atoms with Crippen LogP contribution in [0.4, 0.5) is 0 Å². The fourth-order valence-corrected chi connectivity index (χ4v) is 0.739. The molecule has 13 heavy (non-hydrogen) atoms. The lowest BCUT2D eigenvalue weighted by molar-refractivity contribution is -0.112. The van der Waals surface area contributed by atoms with Gasteiger partial charge in [-0.25, -0.2) is 0 Å². The number of hydrogen-bond donors (Lipinski definition) is 0. The quantitative estimate of drug-likeness (QED) is 0.475. The molecule has 1 heteroatoms. The van der Waals surface area contributed by atoms with Crippen LogP contribution >= 0.6 is 0 Å². The SMILES string of the molecule is C\C=C/C=C\C(\C=C\C(C)=O)=C/C. The minimum Gasteiger partial charge on any atom is -0.295 e. The molecule has 0 rings (SSSR count). The Morgan fingerprint density at radius 3 is 2.15 bits per heavy atom. The molecule has 0 spiro atoms. The van der Waals surface area contributed by atoms with Crippen molar-refractivity contribution in [1.82, 2.24) is 0 Å². The minimum atomic E-state index is 0.0683. The molecule has 0 aliphatic heterocycles. The van der Waals surface area contributed by atoms with E-state index in [9.17, 15) is 4.79 Å². The van der Waals surface area contributed by atoms with Gasteiger partial charge in [0.25, 0.3) is 0 Å². The molecule has 0 N–H and O–H groups in total. The molecule has 0 aromatic carbocycles. The van der Waals surface area contributed by atoms with Crippen molar-refractivity contribution in [3.63, 3.8) is 0 Å². The molecule has 0 aliphatic rings. The Hall–Kier alpha value is -1.37. The summed E-state index contributed by atoms with van der Waals surface area (Å²) in [7, 11) is 0. The van der Waals surface area contributed by atoms with Crippen molar-refractivity contribution in [2.45, 2.75) is 20.8 Å². The molecule has 0 radical (unpaired) electrons. The number of carbonyl (C=O) groups excluding carboxylic acids is 1. The van der Waals surface area contributed by atoms with Crippen LogP contribution in [0.3, 0.4) is 0 Å².